The summed E-state index contributed by atoms with van der Waals surface area (Å²) < 4.78 is 23.3. The van der Waals surface area contributed by atoms with Crippen LogP contribution in [-0.2, 0) is 22.7 Å². The highest BCUT2D eigenvalue weighted by Crippen LogP contribution is 2.36. The molecule has 1 aliphatic rings. The summed E-state index contributed by atoms with van der Waals surface area (Å²) in [5.41, 5.74) is 1.76. The number of amides is 4. The van der Waals surface area contributed by atoms with Crippen LogP contribution in [-0.4, -0.2) is 43.6 Å². The summed E-state index contributed by atoms with van der Waals surface area (Å²) in [5, 5.41) is 2.84. The summed E-state index contributed by atoms with van der Waals surface area (Å²) in [4.78, 5) is 39.7. The SMILES string of the molecule is CCCOc1ccc(CN2C(=O)NC(=O)/C(=C\c3cc(I)c(OCc4ccccc4Cl)c(OC)c3)C2=O)cc1OC. The van der Waals surface area contributed by atoms with Gasteiger partial charge in [0.25, 0.3) is 11.8 Å². The van der Waals surface area contributed by atoms with Gasteiger partial charge >= 0.3 is 6.03 Å². The van der Waals surface area contributed by atoms with Gasteiger partial charge in [0.05, 0.1) is 30.9 Å². The number of ether oxygens (including phenoxy) is 4. The lowest BCUT2D eigenvalue weighted by molar-refractivity contribution is -0.130. The normalized spacial score (nSPS) is 14.2. The topological polar surface area (TPSA) is 103 Å². The zero-order valence-electron chi connectivity index (χ0n) is 22.7. The summed E-state index contributed by atoms with van der Waals surface area (Å²) in [7, 11) is 3.01. The minimum absolute atomic E-state index is 0.0740. The van der Waals surface area contributed by atoms with E-state index in [1.54, 1.807) is 36.4 Å². The van der Waals surface area contributed by atoms with Crippen molar-refractivity contribution in [3.63, 3.8) is 0 Å². The van der Waals surface area contributed by atoms with Crippen LogP contribution in [0.25, 0.3) is 6.08 Å². The lowest BCUT2D eigenvalue weighted by Gasteiger charge is -2.26. The van der Waals surface area contributed by atoms with Crippen molar-refractivity contribution in [3.8, 4) is 23.0 Å². The third-order valence-corrected chi connectivity index (χ3v) is 7.28. The van der Waals surface area contributed by atoms with Gasteiger partial charge in [-0.05, 0) is 76.5 Å². The largest absolute Gasteiger partial charge is 0.493 e. The second-order valence-corrected chi connectivity index (χ2v) is 10.5. The number of benzene rings is 3. The van der Waals surface area contributed by atoms with E-state index in [1.807, 2.05) is 25.1 Å². The summed E-state index contributed by atoms with van der Waals surface area (Å²) in [6.07, 6.45) is 2.25. The van der Waals surface area contributed by atoms with Gasteiger partial charge in [-0.2, -0.15) is 0 Å². The van der Waals surface area contributed by atoms with Gasteiger partial charge in [0.2, 0.25) is 0 Å². The van der Waals surface area contributed by atoms with E-state index in [-0.39, 0.29) is 18.7 Å². The fraction of sp³-hybridized carbons (Fsp3) is 0.233. The molecule has 1 fully saturated rings. The minimum Gasteiger partial charge on any atom is -0.493 e. The van der Waals surface area contributed by atoms with Gasteiger partial charge in [-0.15, -0.1) is 0 Å². The number of hydrogen-bond acceptors (Lipinski definition) is 7. The molecule has 0 spiro atoms. The number of halogens is 2. The molecule has 9 nitrogen and oxygen atoms in total. The molecule has 1 N–H and O–H groups in total. The number of carbonyl (C=O) groups excluding carboxylic acids is 3. The monoisotopic (exact) mass is 690 g/mol. The van der Waals surface area contributed by atoms with Gasteiger partial charge in [-0.3, -0.25) is 19.8 Å². The van der Waals surface area contributed by atoms with E-state index in [0.29, 0.717) is 49.3 Å². The van der Waals surface area contributed by atoms with Crippen LogP contribution in [0, 0.1) is 3.57 Å². The fourth-order valence-corrected chi connectivity index (χ4v) is 5.03. The van der Waals surface area contributed by atoms with Gasteiger partial charge in [-0.1, -0.05) is 42.8 Å². The Hall–Kier alpha value is -3.77. The first kappa shape index (κ1) is 30.2. The molecule has 41 heavy (non-hydrogen) atoms. The number of urea groups is 1. The zero-order valence-corrected chi connectivity index (χ0v) is 25.6. The quantitative estimate of drug-likeness (QED) is 0.150. The summed E-state index contributed by atoms with van der Waals surface area (Å²) in [5.74, 6) is 0.427. The Morgan fingerprint density at radius 1 is 0.951 bits per heavy atom. The van der Waals surface area contributed by atoms with Crippen molar-refractivity contribution in [2.75, 3.05) is 20.8 Å². The number of rotatable bonds is 11. The smallest absolute Gasteiger partial charge is 0.331 e. The Kier molecular flexibility index (Phi) is 10.1. The minimum atomic E-state index is -0.807. The Labute approximate surface area is 256 Å². The second kappa shape index (κ2) is 13.7. The van der Waals surface area contributed by atoms with Crippen molar-refractivity contribution in [2.45, 2.75) is 26.5 Å². The van der Waals surface area contributed by atoms with Crippen molar-refractivity contribution in [3.05, 3.63) is 85.5 Å². The maximum absolute atomic E-state index is 13.4. The number of nitrogens with one attached hydrogen (secondary N) is 1. The molecule has 3 aromatic rings. The maximum Gasteiger partial charge on any atom is 0.331 e. The number of imide groups is 2. The lowest BCUT2D eigenvalue weighted by atomic mass is 10.1. The van der Waals surface area contributed by atoms with Crippen LogP contribution < -0.4 is 24.3 Å². The van der Waals surface area contributed by atoms with Gasteiger partial charge in [-0.25, -0.2) is 4.79 Å². The van der Waals surface area contributed by atoms with Crippen molar-refractivity contribution in [2.24, 2.45) is 0 Å². The van der Waals surface area contributed by atoms with Gasteiger partial charge in [0.1, 0.15) is 12.2 Å². The average Bonchev–Trinajstić information content (AvgIpc) is 2.96. The molecule has 4 amide bonds. The van der Waals surface area contributed by atoms with Crippen LogP contribution in [0.4, 0.5) is 4.79 Å². The Morgan fingerprint density at radius 2 is 1.71 bits per heavy atom. The Balaban J connectivity index is 1.57. The lowest BCUT2D eigenvalue weighted by Crippen LogP contribution is -2.53. The molecule has 11 heteroatoms. The van der Waals surface area contributed by atoms with Crippen LogP contribution in [0.2, 0.25) is 5.02 Å². The van der Waals surface area contributed by atoms with Crippen LogP contribution in [0.5, 0.6) is 23.0 Å². The number of barbiturate groups is 1. The number of hydrogen-bond donors (Lipinski definition) is 1. The van der Waals surface area contributed by atoms with E-state index in [9.17, 15) is 14.4 Å². The van der Waals surface area contributed by atoms with Crippen LogP contribution in [0.1, 0.15) is 30.0 Å². The standard InChI is InChI=1S/C30H28ClIN2O7/c1-4-11-40-24-10-9-18(14-25(24)38-2)16-34-29(36)21(28(35)33-30(34)37)12-19-13-23(32)27(26(15-19)39-3)41-17-20-7-5-6-8-22(20)31/h5-10,12-15H,4,11,16-17H2,1-3H3,(H,33,35,37)/b21-12+. The number of methoxy groups -OCH3 is 2. The highest BCUT2D eigenvalue weighted by Gasteiger charge is 2.36. The van der Waals surface area contributed by atoms with Crippen LogP contribution in [0.15, 0.2) is 60.2 Å². The molecule has 0 unspecified atom stereocenters. The summed E-state index contributed by atoms with van der Waals surface area (Å²) in [6, 6.07) is 15.1. The Bertz CT molecular complexity index is 1510. The fourth-order valence-electron chi connectivity index (χ4n) is 4.06. The van der Waals surface area contributed by atoms with Crippen LogP contribution >= 0.6 is 34.2 Å². The highest BCUT2D eigenvalue weighted by atomic mass is 127. The Morgan fingerprint density at radius 3 is 2.41 bits per heavy atom. The highest BCUT2D eigenvalue weighted by molar-refractivity contribution is 14.1. The molecular formula is C30H28ClIN2O7. The molecule has 1 heterocycles. The molecular weight excluding hydrogens is 663 g/mol. The second-order valence-electron chi connectivity index (χ2n) is 8.96. The van der Waals surface area contributed by atoms with E-state index in [2.05, 4.69) is 27.9 Å². The van der Waals surface area contributed by atoms with E-state index >= 15 is 0 Å². The first-order valence-electron chi connectivity index (χ1n) is 12.7. The first-order valence-corrected chi connectivity index (χ1v) is 14.1. The van der Waals surface area contributed by atoms with E-state index in [4.69, 9.17) is 30.5 Å². The number of carbonyl (C=O) groups is 3. The third-order valence-electron chi connectivity index (χ3n) is 6.11. The number of nitrogens with zero attached hydrogens (tertiary/aromatic N) is 1. The predicted octanol–water partition coefficient (Wildman–Crippen LogP) is 5.99. The predicted molar refractivity (Wildman–Crippen MR) is 162 cm³/mol. The molecule has 214 valence electrons. The zero-order chi connectivity index (χ0) is 29.5. The summed E-state index contributed by atoms with van der Waals surface area (Å²) >= 11 is 8.34. The van der Waals surface area contributed by atoms with Gasteiger partial charge < -0.3 is 18.9 Å². The molecule has 0 saturated carbocycles. The van der Waals surface area contributed by atoms with Crippen molar-refractivity contribution in [1.29, 1.82) is 0 Å². The molecule has 0 bridgehead atoms. The van der Waals surface area contributed by atoms with E-state index < -0.39 is 17.8 Å². The van der Waals surface area contributed by atoms with Gasteiger partial charge in [0.15, 0.2) is 23.0 Å². The molecule has 4 rings (SSSR count). The first-order chi connectivity index (χ1) is 19.7. The third kappa shape index (κ3) is 7.12. The molecule has 0 aromatic heterocycles. The van der Waals surface area contributed by atoms with Crippen molar-refractivity contribution in [1.82, 2.24) is 10.2 Å². The van der Waals surface area contributed by atoms with Gasteiger partial charge in [0, 0.05) is 10.6 Å². The molecule has 0 radical (unpaired) electrons. The molecule has 0 atom stereocenters. The van der Waals surface area contributed by atoms with E-state index in [0.717, 1.165) is 16.9 Å². The molecule has 3 aromatic carbocycles. The average molecular weight is 691 g/mol. The molecule has 0 aliphatic carbocycles. The van der Waals surface area contributed by atoms with Crippen molar-refractivity contribution >= 4 is 58.1 Å². The van der Waals surface area contributed by atoms with Crippen LogP contribution in [0.3, 0.4) is 0 Å². The summed E-state index contributed by atoms with van der Waals surface area (Å²) in [6.45, 7) is 2.67. The maximum atomic E-state index is 13.4. The van der Waals surface area contributed by atoms with E-state index in [1.165, 1.54) is 20.3 Å². The molecule has 1 aliphatic heterocycles. The molecule has 1 saturated heterocycles. The van der Waals surface area contributed by atoms with Crippen molar-refractivity contribution < 1.29 is 33.3 Å².